The van der Waals surface area contributed by atoms with Gasteiger partial charge in [0.1, 0.15) is 5.69 Å². The Morgan fingerprint density at radius 3 is 2.75 bits per heavy atom. The van der Waals surface area contributed by atoms with Gasteiger partial charge in [-0.3, -0.25) is 14.5 Å². The zero-order valence-corrected chi connectivity index (χ0v) is 11.0. The van der Waals surface area contributed by atoms with Crippen LogP contribution in [-0.2, 0) is 13.6 Å². The van der Waals surface area contributed by atoms with Crippen LogP contribution in [0.5, 0.6) is 0 Å². The van der Waals surface area contributed by atoms with Gasteiger partial charge in [0.25, 0.3) is 0 Å². The predicted octanol–water partition coefficient (Wildman–Crippen LogP) is 1.09. The smallest absolute Gasteiger partial charge is 0.277 e. The summed E-state index contributed by atoms with van der Waals surface area (Å²) in [6.45, 7) is 0.396. The summed E-state index contributed by atoms with van der Waals surface area (Å²) < 4.78 is 2.92. The van der Waals surface area contributed by atoms with Crippen molar-refractivity contribution in [3.05, 3.63) is 65.0 Å². The van der Waals surface area contributed by atoms with E-state index in [9.17, 15) is 4.79 Å². The van der Waals surface area contributed by atoms with E-state index in [4.69, 9.17) is 0 Å². The first-order valence-corrected chi connectivity index (χ1v) is 6.20. The summed E-state index contributed by atoms with van der Waals surface area (Å²) in [5.41, 5.74) is 1.44. The second-order valence-electron chi connectivity index (χ2n) is 4.40. The maximum Gasteiger partial charge on any atom is 0.346 e. The summed E-state index contributed by atoms with van der Waals surface area (Å²) >= 11 is 0. The molecule has 0 aliphatic carbocycles. The Balaban J connectivity index is 2.01. The van der Waals surface area contributed by atoms with Crippen molar-refractivity contribution in [1.82, 2.24) is 24.3 Å². The maximum atomic E-state index is 12.2. The van der Waals surface area contributed by atoms with Gasteiger partial charge in [0.15, 0.2) is 5.82 Å². The molecule has 0 fully saturated rings. The summed E-state index contributed by atoms with van der Waals surface area (Å²) in [5.74, 6) is 0.555. The van der Waals surface area contributed by atoms with E-state index < -0.39 is 0 Å². The van der Waals surface area contributed by atoms with Crippen LogP contribution in [0, 0.1) is 0 Å². The SMILES string of the molecule is Cn1c(-c2ccccn2)nn(Cc2cccnc2)c1=O. The Morgan fingerprint density at radius 2 is 2.05 bits per heavy atom. The number of rotatable bonds is 3. The van der Waals surface area contributed by atoms with Gasteiger partial charge in [0.2, 0.25) is 0 Å². The molecule has 3 aromatic rings. The molecule has 0 saturated heterocycles. The second-order valence-corrected chi connectivity index (χ2v) is 4.40. The van der Waals surface area contributed by atoms with E-state index in [2.05, 4.69) is 15.1 Å². The van der Waals surface area contributed by atoms with Crippen LogP contribution >= 0.6 is 0 Å². The van der Waals surface area contributed by atoms with Crippen LogP contribution in [-0.4, -0.2) is 24.3 Å². The number of aromatic nitrogens is 5. The van der Waals surface area contributed by atoms with E-state index in [0.29, 0.717) is 18.1 Å². The molecule has 0 amide bonds. The summed E-state index contributed by atoms with van der Waals surface area (Å²) in [6.07, 6.45) is 5.10. The van der Waals surface area contributed by atoms with Gasteiger partial charge in [0, 0.05) is 25.6 Å². The molecule has 100 valence electrons. The third kappa shape index (κ3) is 2.23. The van der Waals surface area contributed by atoms with Crippen LogP contribution < -0.4 is 5.69 Å². The molecule has 0 N–H and O–H groups in total. The van der Waals surface area contributed by atoms with Crippen molar-refractivity contribution >= 4 is 0 Å². The maximum absolute atomic E-state index is 12.2. The third-order valence-corrected chi connectivity index (χ3v) is 2.99. The summed E-state index contributed by atoms with van der Waals surface area (Å²) in [7, 11) is 1.69. The molecule has 0 aliphatic heterocycles. The molecular weight excluding hydrogens is 254 g/mol. The molecule has 0 atom stereocenters. The first-order chi connectivity index (χ1) is 9.75. The minimum Gasteiger partial charge on any atom is -0.277 e. The first-order valence-electron chi connectivity index (χ1n) is 6.20. The molecule has 3 heterocycles. The van der Waals surface area contributed by atoms with Gasteiger partial charge >= 0.3 is 5.69 Å². The molecule has 3 rings (SSSR count). The van der Waals surface area contributed by atoms with E-state index in [-0.39, 0.29) is 5.69 Å². The van der Waals surface area contributed by atoms with Crippen LogP contribution in [0.25, 0.3) is 11.5 Å². The highest BCUT2D eigenvalue weighted by Crippen LogP contribution is 2.10. The zero-order valence-electron chi connectivity index (χ0n) is 11.0. The largest absolute Gasteiger partial charge is 0.346 e. The van der Waals surface area contributed by atoms with E-state index in [1.54, 1.807) is 25.6 Å². The Bertz CT molecular complexity index is 761. The fourth-order valence-corrected chi connectivity index (χ4v) is 1.97. The average molecular weight is 267 g/mol. The third-order valence-electron chi connectivity index (χ3n) is 2.99. The van der Waals surface area contributed by atoms with Crippen LogP contribution in [0.15, 0.2) is 53.7 Å². The molecule has 0 saturated carbocycles. The Labute approximate surface area is 115 Å². The van der Waals surface area contributed by atoms with Gasteiger partial charge in [-0.2, -0.15) is 0 Å². The molecule has 6 heteroatoms. The lowest BCUT2D eigenvalue weighted by molar-refractivity contribution is 0.645. The van der Waals surface area contributed by atoms with Crippen molar-refractivity contribution in [1.29, 1.82) is 0 Å². The molecular formula is C14H13N5O. The van der Waals surface area contributed by atoms with Gasteiger partial charge in [0.05, 0.1) is 6.54 Å². The highest BCUT2D eigenvalue weighted by molar-refractivity contribution is 5.48. The molecule has 0 unspecified atom stereocenters. The van der Waals surface area contributed by atoms with E-state index in [1.165, 1.54) is 9.25 Å². The van der Waals surface area contributed by atoms with Crippen molar-refractivity contribution in [2.75, 3.05) is 0 Å². The standard InChI is InChI=1S/C14H13N5O/c1-18-13(12-6-2-3-8-16-12)17-19(14(18)20)10-11-5-4-7-15-9-11/h2-9H,10H2,1H3. The predicted molar refractivity (Wildman–Crippen MR) is 74.0 cm³/mol. The van der Waals surface area contributed by atoms with Gasteiger partial charge in [-0.05, 0) is 23.8 Å². The van der Waals surface area contributed by atoms with Gasteiger partial charge in [-0.15, -0.1) is 5.10 Å². The Kier molecular flexibility index (Phi) is 3.12. The topological polar surface area (TPSA) is 65.6 Å². The Morgan fingerprint density at radius 1 is 1.15 bits per heavy atom. The lowest BCUT2D eigenvalue weighted by Crippen LogP contribution is -2.23. The van der Waals surface area contributed by atoms with Gasteiger partial charge in [-0.1, -0.05) is 12.1 Å². The number of pyridine rings is 2. The average Bonchev–Trinajstić information content (AvgIpc) is 2.78. The molecule has 20 heavy (non-hydrogen) atoms. The molecule has 6 nitrogen and oxygen atoms in total. The second kappa shape index (κ2) is 5.08. The monoisotopic (exact) mass is 267 g/mol. The van der Waals surface area contributed by atoms with E-state index >= 15 is 0 Å². The molecule has 0 radical (unpaired) electrons. The van der Waals surface area contributed by atoms with Crippen molar-refractivity contribution in [2.45, 2.75) is 6.54 Å². The minimum atomic E-state index is -0.172. The van der Waals surface area contributed by atoms with Crippen molar-refractivity contribution < 1.29 is 0 Å². The number of hydrogen-bond acceptors (Lipinski definition) is 4. The Hall–Kier alpha value is -2.76. The molecule has 0 spiro atoms. The van der Waals surface area contributed by atoms with Gasteiger partial charge in [-0.25, -0.2) is 9.48 Å². The van der Waals surface area contributed by atoms with Crippen LogP contribution in [0.3, 0.4) is 0 Å². The number of nitrogens with zero attached hydrogens (tertiary/aromatic N) is 5. The van der Waals surface area contributed by atoms with Gasteiger partial charge < -0.3 is 0 Å². The number of hydrogen-bond donors (Lipinski definition) is 0. The molecule has 3 aromatic heterocycles. The van der Waals surface area contributed by atoms with Crippen LogP contribution in [0.4, 0.5) is 0 Å². The summed E-state index contributed by atoms with van der Waals surface area (Å²) in [6, 6.07) is 9.27. The highest BCUT2D eigenvalue weighted by atomic mass is 16.2. The lowest BCUT2D eigenvalue weighted by Gasteiger charge is -1.98. The fraction of sp³-hybridized carbons (Fsp3) is 0.143. The highest BCUT2D eigenvalue weighted by Gasteiger charge is 2.12. The normalized spacial score (nSPS) is 10.7. The molecule has 0 aromatic carbocycles. The first kappa shape index (κ1) is 12.3. The summed E-state index contributed by atoms with van der Waals surface area (Å²) in [5, 5.41) is 4.35. The van der Waals surface area contributed by atoms with Crippen molar-refractivity contribution in [3.8, 4) is 11.5 Å². The fourth-order valence-electron chi connectivity index (χ4n) is 1.97. The van der Waals surface area contributed by atoms with Crippen molar-refractivity contribution in [2.24, 2.45) is 7.05 Å². The van der Waals surface area contributed by atoms with E-state index in [1.807, 2.05) is 30.3 Å². The lowest BCUT2D eigenvalue weighted by atomic mass is 10.3. The molecule has 0 bridgehead atoms. The minimum absolute atomic E-state index is 0.172. The van der Waals surface area contributed by atoms with Crippen molar-refractivity contribution in [3.63, 3.8) is 0 Å². The van der Waals surface area contributed by atoms with E-state index in [0.717, 1.165) is 5.56 Å². The zero-order chi connectivity index (χ0) is 13.9. The quantitative estimate of drug-likeness (QED) is 0.712. The summed E-state index contributed by atoms with van der Waals surface area (Å²) in [4.78, 5) is 20.4. The van der Waals surface area contributed by atoms with Crippen LogP contribution in [0.2, 0.25) is 0 Å². The molecule has 0 aliphatic rings. The van der Waals surface area contributed by atoms with Crippen LogP contribution in [0.1, 0.15) is 5.56 Å².